The van der Waals surface area contributed by atoms with Gasteiger partial charge < -0.3 is 15.3 Å². The molecule has 2 aromatic rings. The van der Waals surface area contributed by atoms with Gasteiger partial charge in [-0.15, -0.1) is 0 Å². The van der Waals surface area contributed by atoms with Crippen molar-refractivity contribution in [1.29, 1.82) is 5.26 Å². The first kappa shape index (κ1) is 27.6. The molecule has 1 unspecified atom stereocenters. The zero-order valence-electron chi connectivity index (χ0n) is 19.5. The molecule has 2 amide bonds. The number of benzene rings is 2. The van der Waals surface area contributed by atoms with Crippen molar-refractivity contribution in [3.63, 3.8) is 0 Å². The predicted molar refractivity (Wildman–Crippen MR) is 137 cm³/mol. The van der Waals surface area contributed by atoms with Gasteiger partial charge in [0.15, 0.2) is 0 Å². The van der Waals surface area contributed by atoms with E-state index >= 15 is 0 Å². The smallest absolute Gasteiger partial charge is 0.335 e. The van der Waals surface area contributed by atoms with Crippen LogP contribution in [0, 0.1) is 17.2 Å². The fourth-order valence-corrected chi connectivity index (χ4v) is 3.66. The number of allylic oxidation sites excluding steroid dienone is 2. The minimum Gasteiger partial charge on any atom is -0.478 e. The molecule has 0 spiro atoms. The van der Waals surface area contributed by atoms with Crippen LogP contribution in [0.3, 0.4) is 0 Å². The molecule has 7 nitrogen and oxygen atoms in total. The van der Waals surface area contributed by atoms with E-state index in [1.807, 2.05) is 19.9 Å². The summed E-state index contributed by atoms with van der Waals surface area (Å²) in [5.41, 5.74) is 1.32. The van der Waals surface area contributed by atoms with Gasteiger partial charge in [0.05, 0.1) is 17.2 Å². The molecule has 0 aliphatic rings. The number of carboxylic acid groups (broad SMARTS) is 1. The van der Waals surface area contributed by atoms with Crippen LogP contribution in [0.25, 0.3) is 5.57 Å². The second-order valence-electron chi connectivity index (χ2n) is 8.23. The Morgan fingerprint density at radius 3 is 2.34 bits per heavy atom. The van der Waals surface area contributed by atoms with Gasteiger partial charge in [0.25, 0.3) is 0 Å². The standard InChI is InChI=1S/C26H25Cl2N3O4/c1-15(2)11-23(25(33)30-20-9-6-17(7-10-20)26(34)35)31(4)24(32)13-21(16(3)27)22-12-19(28)8-5-18(22)14-29/h5-10,12-13,15,23H,3,11H2,1-2,4H3,(H,30,33)(H,34,35)/b21-13+. The summed E-state index contributed by atoms with van der Waals surface area (Å²) in [6, 6.07) is 11.5. The number of halogens is 2. The van der Waals surface area contributed by atoms with Crippen molar-refractivity contribution in [2.45, 2.75) is 26.3 Å². The number of nitriles is 1. The van der Waals surface area contributed by atoms with Crippen molar-refractivity contribution in [3.8, 4) is 6.07 Å². The topological polar surface area (TPSA) is 110 Å². The number of nitrogens with one attached hydrogen (secondary N) is 1. The first-order valence-electron chi connectivity index (χ1n) is 10.6. The van der Waals surface area contributed by atoms with Gasteiger partial charge in [0.2, 0.25) is 11.8 Å². The van der Waals surface area contributed by atoms with Crippen molar-refractivity contribution >= 4 is 52.2 Å². The second-order valence-corrected chi connectivity index (χ2v) is 9.12. The predicted octanol–water partition coefficient (Wildman–Crippen LogP) is 5.56. The van der Waals surface area contributed by atoms with Crippen LogP contribution < -0.4 is 5.32 Å². The highest BCUT2D eigenvalue weighted by molar-refractivity contribution is 6.37. The number of likely N-dealkylation sites (N-methyl/N-ethyl adjacent to an activating group) is 1. The molecule has 2 N–H and O–H groups in total. The maximum atomic E-state index is 13.2. The zero-order chi connectivity index (χ0) is 26.3. The van der Waals surface area contributed by atoms with Crippen LogP contribution in [0.1, 0.15) is 41.8 Å². The maximum Gasteiger partial charge on any atom is 0.335 e. The Kier molecular flexibility index (Phi) is 9.64. The van der Waals surface area contributed by atoms with Gasteiger partial charge in [-0.2, -0.15) is 5.26 Å². The van der Waals surface area contributed by atoms with Crippen LogP contribution in [-0.4, -0.2) is 40.9 Å². The Balaban J connectivity index is 2.37. The van der Waals surface area contributed by atoms with Gasteiger partial charge in [-0.05, 0) is 54.8 Å². The molecule has 9 heteroatoms. The molecular weight excluding hydrogens is 489 g/mol. The molecule has 0 fully saturated rings. The van der Waals surface area contributed by atoms with Crippen molar-refractivity contribution in [3.05, 3.63) is 81.9 Å². The van der Waals surface area contributed by atoms with E-state index in [9.17, 15) is 19.6 Å². The third-order valence-electron chi connectivity index (χ3n) is 5.16. The Morgan fingerprint density at radius 1 is 1.20 bits per heavy atom. The Morgan fingerprint density at radius 2 is 1.83 bits per heavy atom. The van der Waals surface area contributed by atoms with Crippen LogP contribution in [0.15, 0.2) is 60.2 Å². The van der Waals surface area contributed by atoms with E-state index in [4.69, 9.17) is 28.3 Å². The van der Waals surface area contributed by atoms with Gasteiger partial charge in [-0.25, -0.2) is 4.79 Å². The Labute approximate surface area is 214 Å². The second kappa shape index (κ2) is 12.2. The van der Waals surface area contributed by atoms with Gasteiger partial charge in [0, 0.05) is 40.0 Å². The molecular formula is C26H25Cl2N3O4. The van der Waals surface area contributed by atoms with Gasteiger partial charge in [-0.1, -0.05) is 43.6 Å². The summed E-state index contributed by atoms with van der Waals surface area (Å²) in [6.07, 6.45) is 1.59. The van der Waals surface area contributed by atoms with Gasteiger partial charge >= 0.3 is 5.97 Å². The van der Waals surface area contributed by atoms with E-state index in [2.05, 4.69) is 11.9 Å². The molecule has 0 aliphatic heterocycles. The number of anilines is 1. The molecule has 2 aromatic carbocycles. The fraction of sp³-hybridized carbons (Fsp3) is 0.231. The number of carboxylic acids is 1. The highest BCUT2D eigenvalue weighted by atomic mass is 35.5. The summed E-state index contributed by atoms with van der Waals surface area (Å²) in [5.74, 6) is -1.95. The lowest BCUT2D eigenvalue weighted by atomic mass is 9.98. The lowest BCUT2D eigenvalue weighted by Gasteiger charge is -2.28. The van der Waals surface area contributed by atoms with E-state index < -0.39 is 23.8 Å². The molecule has 0 heterocycles. The number of nitrogens with zero attached hydrogens (tertiary/aromatic N) is 2. The number of rotatable bonds is 9. The van der Waals surface area contributed by atoms with E-state index in [-0.39, 0.29) is 27.7 Å². The quantitative estimate of drug-likeness (QED) is 0.336. The van der Waals surface area contributed by atoms with E-state index in [1.54, 1.807) is 6.07 Å². The van der Waals surface area contributed by atoms with Crippen molar-refractivity contribution in [2.75, 3.05) is 12.4 Å². The third kappa shape index (κ3) is 7.44. The van der Waals surface area contributed by atoms with Crippen LogP contribution in [-0.2, 0) is 9.59 Å². The van der Waals surface area contributed by atoms with E-state index in [0.717, 1.165) is 0 Å². The number of carbonyl (C=O) groups excluding carboxylic acids is 2. The van der Waals surface area contributed by atoms with Crippen LogP contribution in [0.2, 0.25) is 5.02 Å². The average molecular weight is 514 g/mol. The molecule has 0 saturated heterocycles. The summed E-state index contributed by atoms with van der Waals surface area (Å²) in [4.78, 5) is 38.6. The first-order valence-corrected chi connectivity index (χ1v) is 11.4. The summed E-state index contributed by atoms with van der Waals surface area (Å²) in [5, 5.41) is 21.6. The largest absolute Gasteiger partial charge is 0.478 e. The maximum absolute atomic E-state index is 13.2. The number of amides is 2. The SMILES string of the molecule is C=C(Cl)/C(=C\C(=O)N(C)C(CC(C)C)C(=O)Nc1ccc(C(=O)O)cc1)c1cc(Cl)ccc1C#N. The Hall–Kier alpha value is -3.60. The molecule has 2 rings (SSSR count). The average Bonchev–Trinajstić information content (AvgIpc) is 2.80. The zero-order valence-corrected chi connectivity index (χ0v) is 21.0. The molecule has 0 aliphatic carbocycles. The third-order valence-corrected chi connectivity index (χ3v) is 5.60. The van der Waals surface area contributed by atoms with Gasteiger partial charge in [-0.3, -0.25) is 9.59 Å². The number of aromatic carboxylic acids is 1. The summed E-state index contributed by atoms with van der Waals surface area (Å²) < 4.78 is 0. The van der Waals surface area contributed by atoms with Gasteiger partial charge in [0.1, 0.15) is 6.04 Å². The first-order chi connectivity index (χ1) is 16.4. The number of carbonyl (C=O) groups is 3. The van der Waals surface area contributed by atoms with E-state index in [1.165, 1.54) is 54.4 Å². The minimum atomic E-state index is -1.08. The Bertz CT molecular complexity index is 1210. The van der Waals surface area contributed by atoms with Crippen LogP contribution in [0.5, 0.6) is 0 Å². The molecule has 0 bridgehead atoms. The summed E-state index contributed by atoms with van der Waals surface area (Å²) in [6.45, 7) is 7.55. The lowest BCUT2D eigenvalue weighted by Crippen LogP contribution is -2.45. The monoisotopic (exact) mass is 513 g/mol. The summed E-state index contributed by atoms with van der Waals surface area (Å²) >= 11 is 12.3. The van der Waals surface area contributed by atoms with Crippen molar-refractivity contribution in [2.24, 2.45) is 5.92 Å². The van der Waals surface area contributed by atoms with E-state index in [0.29, 0.717) is 22.7 Å². The fourth-order valence-electron chi connectivity index (χ4n) is 3.33. The molecule has 35 heavy (non-hydrogen) atoms. The van der Waals surface area contributed by atoms with Crippen molar-refractivity contribution in [1.82, 2.24) is 4.90 Å². The molecule has 0 saturated carbocycles. The minimum absolute atomic E-state index is 0.0360. The molecule has 182 valence electrons. The number of hydrogen-bond acceptors (Lipinski definition) is 4. The summed E-state index contributed by atoms with van der Waals surface area (Å²) in [7, 11) is 1.50. The highest BCUT2D eigenvalue weighted by Gasteiger charge is 2.28. The molecule has 0 radical (unpaired) electrons. The number of hydrogen-bond donors (Lipinski definition) is 2. The van der Waals surface area contributed by atoms with Crippen molar-refractivity contribution < 1.29 is 19.5 Å². The van der Waals surface area contributed by atoms with Crippen LogP contribution >= 0.6 is 23.2 Å². The van der Waals surface area contributed by atoms with Crippen LogP contribution in [0.4, 0.5) is 5.69 Å². The molecule has 1 atom stereocenters. The molecule has 0 aromatic heterocycles. The normalized spacial score (nSPS) is 12.0. The lowest BCUT2D eigenvalue weighted by molar-refractivity contribution is -0.133. The highest BCUT2D eigenvalue weighted by Crippen LogP contribution is 2.30.